The molecule has 0 bridgehead atoms. The molecule has 3 aliphatic rings. The minimum Gasteiger partial charge on any atom is -0.446 e. The van der Waals surface area contributed by atoms with Gasteiger partial charge in [0.05, 0.1) is 17.4 Å². The normalized spacial score (nSPS) is 19.9. The van der Waals surface area contributed by atoms with Gasteiger partial charge in [-0.05, 0) is 68.5 Å². The Hall–Kier alpha value is -4.10. The number of ether oxygens (including phenoxy) is 1. The van der Waals surface area contributed by atoms with Crippen molar-refractivity contribution < 1.29 is 32.3 Å². The van der Waals surface area contributed by atoms with Gasteiger partial charge in [0.1, 0.15) is 6.10 Å². The first-order chi connectivity index (χ1) is 23.8. The molecule has 0 saturated carbocycles. The van der Waals surface area contributed by atoms with Crippen LogP contribution in [0.3, 0.4) is 0 Å². The molecular formula is C36H42ClF3N6O4. The van der Waals surface area contributed by atoms with E-state index in [2.05, 4.69) is 10.00 Å². The molecule has 3 saturated heterocycles. The molecule has 6 rings (SSSR count). The van der Waals surface area contributed by atoms with Gasteiger partial charge in [-0.3, -0.25) is 14.5 Å². The quantitative estimate of drug-likeness (QED) is 0.276. The van der Waals surface area contributed by atoms with Crippen molar-refractivity contribution in [3.05, 3.63) is 76.1 Å². The molecule has 3 amide bonds. The van der Waals surface area contributed by atoms with Gasteiger partial charge in [0.2, 0.25) is 5.91 Å². The number of nitrogens with zero attached hydrogens (tertiary/aromatic N) is 6. The lowest BCUT2D eigenvalue weighted by Gasteiger charge is -2.32. The molecular weight excluding hydrogens is 673 g/mol. The Bertz CT molecular complexity index is 1710. The van der Waals surface area contributed by atoms with Crippen LogP contribution in [0, 0.1) is 25.7 Å². The monoisotopic (exact) mass is 714 g/mol. The number of piperidine rings is 1. The highest BCUT2D eigenvalue weighted by molar-refractivity contribution is 6.31. The van der Waals surface area contributed by atoms with Crippen molar-refractivity contribution in [2.24, 2.45) is 11.8 Å². The third kappa shape index (κ3) is 7.78. The zero-order chi connectivity index (χ0) is 35.7. The van der Waals surface area contributed by atoms with Crippen molar-refractivity contribution in [2.45, 2.75) is 52.3 Å². The van der Waals surface area contributed by atoms with Gasteiger partial charge < -0.3 is 19.4 Å². The highest BCUT2D eigenvalue weighted by Crippen LogP contribution is 2.37. The van der Waals surface area contributed by atoms with Gasteiger partial charge in [-0.1, -0.05) is 35.4 Å². The minimum absolute atomic E-state index is 0.0116. The van der Waals surface area contributed by atoms with Crippen LogP contribution in [-0.2, 0) is 15.7 Å². The molecule has 3 aliphatic heterocycles. The number of alkyl halides is 3. The van der Waals surface area contributed by atoms with Crippen LogP contribution in [0.25, 0.3) is 5.69 Å². The Morgan fingerprint density at radius 1 is 0.960 bits per heavy atom. The molecule has 0 aliphatic carbocycles. The maximum Gasteiger partial charge on any atom is 0.434 e. The average Bonchev–Trinajstić information content (AvgIpc) is 3.79. The fraction of sp³-hybridized carbons (Fsp3) is 0.500. The van der Waals surface area contributed by atoms with Gasteiger partial charge in [-0.25, -0.2) is 9.48 Å². The first-order valence-electron chi connectivity index (χ1n) is 17.0. The minimum atomic E-state index is -4.77. The summed E-state index contributed by atoms with van der Waals surface area (Å²) in [6, 6.07) is 12.0. The van der Waals surface area contributed by atoms with Gasteiger partial charge in [0.25, 0.3) is 5.91 Å². The number of halogens is 4. The number of aromatic nitrogens is 2. The lowest BCUT2D eigenvalue weighted by molar-refractivity contribution is -0.143. The van der Waals surface area contributed by atoms with E-state index in [-0.39, 0.29) is 29.5 Å². The maximum atomic E-state index is 14.3. The van der Waals surface area contributed by atoms with E-state index in [1.54, 1.807) is 40.1 Å². The second-order valence-corrected chi connectivity index (χ2v) is 14.1. The number of hydrogen-bond acceptors (Lipinski definition) is 6. The highest BCUT2D eigenvalue weighted by Gasteiger charge is 2.45. The van der Waals surface area contributed by atoms with E-state index in [0.29, 0.717) is 82.3 Å². The smallest absolute Gasteiger partial charge is 0.434 e. The van der Waals surface area contributed by atoms with Crippen LogP contribution in [0.5, 0.6) is 0 Å². The summed E-state index contributed by atoms with van der Waals surface area (Å²) in [6.07, 6.45) is -2.67. The first-order valence-corrected chi connectivity index (χ1v) is 17.4. The molecule has 2 unspecified atom stereocenters. The van der Waals surface area contributed by atoms with Gasteiger partial charge in [-0.15, -0.1) is 0 Å². The van der Waals surface area contributed by atoms with Gasteiger partial charge in [-0.2, -0.15) is 18.3 Å². The second kappa shape index (κ2) is 14.6. The second-order valence-electron chi connectivity index (χ2n) is 13.7. The van der Waals surface area contributed by atoms with E-state index in [1.807, 2.05) is 26.0 Å². The standard InChI is InChI=1S/C36H42ClF3N6O4/c1-23-5-8-28(9-6-23)46-33(36(38,39)40)31(18-41-46)34(48)44-21-26-19-42(20-27(26)22-44)13-4-14-45(29-10-7-24(2)32(37)17-29)35(49)50-30-11-15-43(16-12-30)25(3)47/h5-10,17-18,26-27,30H,4,11-16,19-22H2,1-3H3. The average molecular weight is 715 g/mol. The summed E-state index contributed by atoms with van der Waals surface area (Å²) < 4.78 is 49.5. The molecule has 0 spiro atoms. The fourth-order valence-corrected chi connectivity index (χ4v) is 7.47. The molecule has 2 aromatic carbocycles. The van der Waals surface area contributed by atoms with Crippen LogP contribution in [0.4, 0.5) is 23.7 Å². The summed E-state index contributed by atoms with van der Waals surface area (Å²) in [6.45, 7) is 9.61. The number of amides is 3. The van der Waals surface area contributed by atoms with Crippen molar-refractivity contribution in [2.75, 3.05) is 57.3 Å². The van der Waals surface area contributed by atoms with Crippen molar-refractivity contribution in [1.29, 1.82) is 0 Å². The molecule has 50 heavy (non-hydrogen) atoms. The number of rotatable bonds is 8. The maximum absolute atomic E-state index is 14.3. The largest absolute Gasteiger partial charge is 0.446 e. The SMILES string of the molecule is CC(=O)N1CCC(OC(=O)N(CCCN2CC3CN(C(=O)c4cnn(-c5ccc(C)cc5)c4C(F)(F)F)CC3C2)c2ccc(C)c(Cl)c2)CC1. The number of hydrogen-bond donors (Lipinski definition) is 0. The topological polar surface area (TPSA) is 91.2 Å². The zero-order valence-corrected chi connectivity index (χ0v) is 29.2. The van der Waals surface area contributed by atoms with Crippen molar-refractivity contribution in [3.63, 3.8) is 0 Å². The molecule has 14 heteroatoms. The van der Waals surface area contributed by atoms with Crippen LogP contribution in [0.2, 0.25) is 5.02 Å². The van der Waals surface area contributed by atoms with Crippen molar-refractivity contribution in [1.82, 2.24) is 24.5 Å². The van der Waals surface area contributed by atoms with Gasteiger partial charge >= 0.3 is 12.3 Å². The third-order valence-electron chi connectivity index (χ3n) is 10.1. The lowest BCUT2D eigenvalue weighted by Crippen LogP contribution is -2.43. The first kappa shape index (κ1) is 35.7. The Kier molecular flexibility index (Phi) is 10.5. The molecule has 1 aromatic heterocycles. The van der Waals surface area contributed by atoms with Crippen molar-refractivity contribution >= 4 is 35.2 Å². The number of fused-ring (bicyclic) bond motifs is 1. The summed E-state index contributed by atoms with van der Waals surface area (Å²) in [5.74, 6) is -0.372. The molecule has 268 valence electrons. The van der Waals surface area contributed by atoms with E-state index in [4.69, 9.17) is 16.3 Å². The van der Waals surface area contributed by atoms with Crippen LogP contribution in [-0.4, -0.2) is 101 Å². The molecule has 3 fully saturated rings. The third-order valence-corrected chi connectivity index (χ3v) is 10.5. The summed E-state index contributed by atoms with van der Waals surface area (Å²) in [5.41, 5.74) is 1.17. The number of likely N-dealkylation sites (tertiary alicyclic amines) is 3. The number of carbonyl (C=O) groups excluding carboxylic acids is 3. The Labute approximate surface area is 294 Å². The highest BCUT2D eigenvalue weighted by atomic mass is 35.5. The number of carbonyl (C=O) groups is 3. The van der Waals surface area contributed by atoms with E-state index in [9.17, 15) is 27.6 Å². The molecule has 0 radical (unpaired) electrons. The Morgan fingerprint density at radius 3 is 2.22 bits per heavy atom. The molecule has 10 nitrogen and oxygen atoms in total. The van der Waals surface area contributed by atoms with E-state index < -0.39 is 29.4 Å². The molecule has 4 heterocycles. The number of anilines is 1. The van der Waals surface area contributed by atoms with Crippen LogP contribution < -0.4 is 4.90 Å². The lowest BCUT2D eigenvalue weighted by atomic mass is 10.0. The van der Waals surface area contributed by atoms with E-state index >= 15 is 0 Å². The predicted octanol–water partition coefficient (Wildman–Crippen LogP) is 6.21. The van der Waals surface area contributed by atoms with Gasteiger partial charge in [0.15, 0.2) is 5.69 Å². The molecule has 2 atom stereocenters. The van der Waals surface area contributed by atoms with Gasteiger partial charge in [0, 0.05) is 76.3 Å². The van der Waals surface area contributed by atoms with Crippen LogP contribution >= 0.6 is 11.6 Å². The number of benzene rings is 2. The summed E-state index contributed by atoms with van der Waals surface area (Å²) >= 11 is 6.42. The van der Waals surface area contributed by atoms with Crippen LogP contribution in [0.15, 0.2) is 48.7 Å². The summed E-state index contributed by atoms with van der Waals surface area (Å²) in [7, 11) is 0. The number of aryl methyl sites for hydroxylation is 2. The summed E-state index contributed by atoms with van der Waals surface area (Å²) in [5, 5.41) is 4.52. The van der Waals surface area contributed by atoms with E-state index in [1.165, 1.54) is 11.8 Å². The Morgan fingerprint density at radius 2 is 1.62 bits per heavy atom. The Balaban J connectivity index is 1.05. The van der Waals surface area contributed by atoms with Crippen LogP contribution in [0.1, 0.15) is 53.4 Å². The predicted molar refractivity (Wildman–Crippen MR) is 183 cm³/mol. The van der Waals surface area contributed by atoms with Crippen molar-refractivity contribution in [3.8, 4) is 5.69 Å². The summed E-state index contributed by atoms with van der Waals surface area (Å²) in [4.78, 5) is 45.8. The zero-order valence-electron chi connectivity index (χ0n) is 28.5. The van der Waals surface area contributed by atoms with E-state index in [0.717, 1.165) is 22.0 Å². The molecule has 0 N–H and O–H groups in total. The molecule has 3 aromatic rings. The fourth-order valence-electron chi connectivity index (χ4n) is 7.29.